The van der Waals surface area contributed by atoms with Crippen LogP contribution in [0.2, 0.25) is 0 Å². The number of imidazole rings is 1. The zero-order valence-corrected chi connectivity index (χ0v) is 16.8. The highest BCUT2D eigenvalue weighted by Gasteiger charge is 2.16. The maximum absolute atomic E-state index is 13.9. The van der Waals surface area contributed by atoms with Crippen LogP contribution >= 0.6 is 0 Å². The molecule has 2 aromatic heterocycles. The van der Waals surface area contributed by atoms with Gasteiger partial charge in [-0.1, -0.05) is 12.1 Å². The van der Waals surface area contributed by atoms with Crippen LogP contribution in [0.4, 0.5) is 8.78 Å². The van der Waals surface area contributed by atoms with E-state index >= 15 is 0 Å². The second-order valence-electron chi connectivity index (χ2n) is 6.86. The standard InChI is InChI=1S/C22H19F2N5O2/c1-13-20(28-21(27-13)15-4-3-5-17(8-15)31-2)22(30)25-10-14-11-26-29(12-14)19-7-6-16(23)9-18(19)24/h3-9,11-12H,10H2,1-2H3,(H,25,30)(H,27,28). The summed E-state index contributed by atoms with van der Waals surface area (Å²) < 4.78 is 33.5. The van der Waals surface area contributed by atoms with Crippen LogP contribution in [0.15, 0.2) is 54.9 Å². The molecule has 7 nitrogen and oxygen atoms in total. The van der Waals surface area contributed by atoms with Crippen LogP contribution in [0.5, 0.6) is 5.75 Å². The van der Waals surface area contributed by atoms with Gasteiger partial charge in [0.2, 0.25) is 0 Å². The number of rotatable bonds is 6. The number of aryl methyl sites for hydroxylation is 1. The Kier molecular flexibility index (Phi) is 5.48. The van der Waals surface area contributed by atoms with Gasteiger partial charge >= 0.3 is 0 Å². The Morgan fingerprint density at radius 2 is 2.06 bits per heavy atom. The minimum absolute atomic E-state index is 0.116. The van der Waals surface area contributed by atoms with Gasteiger partial charge in [-0.3, -0.25) is 4.79 Å². The molecule has 0 fully saturated rings. The number of hydrogen-bond acceptors (Lipinski definition) is 4. The monoisotopic (exact) mass is 423 g/mol. The average molecular weight is 423 g/mol. The van der Waals surface area contributed by atoms with Gasteiger partial charge in [0, 0.05) is 35.6 Å². The van der Waals surface area contributed by atoms with Crippen LogP contribution < -0.4 is 10.1 Å². The van der Waals surface area contributed by atoms with Crippen molar-refractivity contribution in [2.24, 2.45) is 0 Å². The molecule has 0 radical (unpaired) electrons. The molecule has 0 unspecified atom stereocenters. The highest BCUT2D eigenvalue weighted by molar-refractivity contribution is 5.94. The molecule has 0 spiro atoms. The minimum atomic E-state index is -0.726. The molecule has 0 aliphatic heterocycles. The number of carbonyl (C=O) groups is 1. The largest absolute Gasteiger partial charge is 0.497 e. The first-order valence-electron chi connectivity index (χ1n) is 9.43. The third-order valence-electron chi connectivity index (χ3n) is 4.69. The molecule has 0 bridgehead atoms. The summed E-state index contributed by atoms with van der Waals surface area (Å²) in [5, 5.41) is 6.85. The molecular weight excluding hydrogens is 404 g/mol. The van der Waals surface area contributed by atoms with E-state index in [4.69, 9.17) is 4.74 Å². The predicted octanol–water partition coefficient (Wildman–Crippen LogP) is 3.79. The van der Waals surface area contributed by atoms with E-state index in [-0.39, 0.29) is 23.8 Å². The first-order chi connectivity index (χ1) is 14.9. The summed E-state index contributed by atoms with van der Waals surface area (Å²) in [6, 6.07) is 10.6. The summed E-state index contributed by atoms with van der Waals surface area (Å²) in [5.41, 5.74) is 2.46. The first-order valence-corrected chi connectivity index (χ1v) is 9.43. The number of hydrogen-bond donors (Lipinski definition) is 2. The quantitative estimate of drug-likeness (QED) is 0.494. The summed E-state index contributed by atoms with van der Waals surface area (Å²) >= 11 is 0. The molecule has 9 heteroatoms. The van der Waals surface area contributed by atoms with Gasteiger partial charge in [0.05, 0.1) is 13.3 Å². The molecule has 2 N–H and O–H groups in total. The number of aromatic nitrogens is 4. The lowest BCUT2D eigenvalue weighted by molar-refractivity contribution is 0.0946. The van der Waals surface area contributed by atoms with Gasteiger partial charge in [-0.25, -0.2) is 18.4 Å². The van der Waals surface area contributed by atoms with Gasteiger partial charge in [0.1, 0.15) is 28.8 Å². The van der Waals surface area contributed by atoms with Crippen molar-refractivity contribution in [3.8, 4) is 22.8 Å². The van der Waals surface area contributed by atoms with Crippen molar-refractivity contribution in [3.05, 3.63) is 83.4 Å². The number of benzene rings is 2. The van der Waals surface area contributed by atoms with E-state index < -0.39 is 11.6 Å². The maximum atomic E-state index is 13.9. The number of H-pyrrole nitrogens is 1. The highest BCUT2D eigenvalue weighted by atomic mass is 19.1. The maximum Gasteiger partial charge on any atom is 0.272 e. The number of nitrogens with one attached hydrogen (secondary N) is 2. The van der Waals surface area contributed by atoms with Crippen molar-refractivity contribution in [2.45, 2.75) is 13.5 Å². The average Bonchev–Trinajstić information content (AvgIpc) is 3.39. The molecule has 0 atom stereocenters. The van der Waals surface area contributed by atoms with E-state index in [1.807, 2.05) is 24.3 Å². The Balaban J connectivity index is 1.46. The van der Waals surface area contributed by atoms with E-state index in [0.717, 1.165) is 17.7 Å². The van der Waals surface area contributed by atoms with E-state index in [2.05, 4.69) is 20.4 Å². The molecule has 31 heavy (non-hydrogen) atoms. The van der Waals surface area contributed by atoms with E-state index in [0.29, 0.717) is 22.8 Å². The Labute approximate surface area is 176 Å². The number of halogens is 2. The van der Waals surface area contributed by atoms with Gasteiger partial charge in [-0.15, -0.1) is 0 Å². The molecule has 0 aliphatic carbocycles. The fraction of sp³-hybridized carbons (Fsp3) is 0.136. The molecular formula is C22H19F2N5O2. The lowest BCUT2D eigenvalue weighted by atomic mass is 10.2. The fourth-order valence-corrected chi connectivity index (χ4v) is 3.10. The SMILES string of the molecule is COc1cccc(-c2nc(C(=O)NCc3cnn(-c4ccc(F)cc4F)c3)c(C)[nH]2)c1. The van der Waals surface area contributed by atoms with E-state index in [1.165, 1.54) is 16.9 Å². The lowest BCUT2D eigenvalue weighted by Crippen LogP contribution is -2.23. The predicted molar refractivity (Wildman–Crippen MR) is 110 cm³/mol. The third kappa shape index (κ3) is 4.30. The minimum Gasteiger partial charge on any atom is -0.497 e. The molecule has 158 valence electrons. The molecule has 0 saturated carbocycles. The van der Waals surface area contributed by atoms with Crippen LogP contribution in [-0.4, -0.2) is 32.8 Å². The third-order valence-corrected chi connectivity index (χ3v) is 4.69. The zero-order chi connectivity index (χ0) is 22.0. The van der Waals surface area contributed by atoms with Crippen molar-refractivity contribution < 1.29 is 18.3 Å². The first kappa shape index (κ1) is 20.3. The summed E-state index contributed by atoms with van der Waals surface area (Å²) in [7, 11) is 1.58. The Morgan fingerprint density at radius 3 is 2.84 bits per heavy atom. The Hall–Kier alpha value is -4.01. The highest BCUT2D eigenvalue weighted by Crippen LogP contribution is 2.22. The zero-order valence-electron chi connectivity index (χ0n) is 16.8. The number of methoxy groups -OCH3 is 1. The van der Waals surface area contributed by atoms with Gasteiger partial charge < -0.3 is 15.0 Å². The van der Waals surface area contributed by atoms with Gasteiger partial charge in [-0.2, -0.15) is 5.10 Å². The molecule has 0 saturated heterocycles. The number of amides is 1. The van der Waals surface area contributed by atoms with E-state index in [9.17, 15) is 13.6 Å². The number of ether oxygens (including phenoxy) is 1. The summed E-state index contributed by atoms with van der Waals surface area (Å²) in [6.45, 7) is 1.93. The summed E-state index contributed by atoms with van der Waals surface area (Å²) in [5.74, 6) is -0.503. The number of aromatic amines is 1. The Bertz CT molecular complexity index is 1250. The number of nitrogens with zero attached hydrogens (tertiary/aromatic N) is 3. The van der Waals surface area contributed by atoms with Crippen molar-refractivity contribution in [2.75, 3.05) is 7.11 Å². The second-order valence-corrected chi connectivity index (χ2v) is 6.86. The smallest absolute Gasteiger partial charge is 0.272 e. The van der Waals surface area contributed by atoms with Gasteiger partial charge in [0.15, 0.2) is 5.82 Å². The second kappa shape index (κ2) is 8.39. The van der Waals surface area contributed by atoms with Crippen LogP contribution in [0.25, 0.3) is 17.1 Å². The van der Waals surface area contributed by atoms with Gasteiger partial charge in [-0.05, 0) is 31.2 Å². The fourth-order valence-electron chi connectivity index (χ4n) is 3.10. The van der Waals surface area contributed by atoms with Crippen LogP contribution in [0, 0.1) is 18.6 Å². The van der Waals surface area contributed by atoms with E-state index in [1.54, 1.807) is 20.2 Å². The van der Waals surface area contributed by atoms with Crippen LogP contribution in [-0.2, 0) is 6.54 Å². The van der Waals surface area contributed by atoms with Crippen LogP contribution in [0.1, 0.15) is 21.7 Å². The topological polar surface area (TPSA) is 84.8 Å². The normalized spacial score (nSPS) is 10.8. The molecule has 1 amide bonds. The number of carbonyl (C=O) groups excluding carboxylic acids is 1. The lowest BCUT2D eigenvalue weighted by Gasteiger charge is -2.03. The summed E-state index contributed by atoms with van der Waals surface area (Å²) in [4.78, 5) is 20.2. The van der Waals surface area contributed by atoms with Crippen molar-refractivity contribution in [3.63, 3.8) is 0 Å². The van der Waals surface area contributed by atoms with Crippen LogP contribution in [0.3, 0.4) is 0 Å². The summed E-state index contributed by atoms with van der Waals surface area (Å²) in [6.07, 6.45) is 3.07. The molecule has 2 heterocycles. The van der Waals surface area contributed by atoms with Crippen molar-refractivity contribution in [1.29, 1.82) is 0 Å². The molecule has 2 aromatic carbocycles. The molecule has 4 rings (SSSR count). The van der Waals surface area contributed by atoms with Crippen molar-refractivity contribution >= 4 is 5.91 Å². The Morgan fingerprint density at radius 1 is 1.23 bits per heavy atom. The van der Waals surface area contributed by atoms with Gasteiger partial charge in [0.25, 0.3) is 5.91 Å². The van der Waals surface area contributed by atoms with Crippen molar-refractivity contribution in [1.82, 2.24) is 25.1 Å². The molecule has 0 aliphatic rings. The molecule has 4 aromatic rings.